The standard InChI is InChI=1S/C13H25N3O2/c1-3-10(4-2)13(18)16(9-12(14)17)11-5-7-15-8-6-11/h10-11,15H,3-9H2,1-2H3,(H2,14,17). The first kappa shape index (κ1) is 15.0. The number of nitrogens with zero attached hydrogens (tertiary/aromatic N) is 1. The molecular weight excluding hydrogens is 230 g/mol. The van der Waals surface area contributed by atoms with Crippen LogP contribution in [0.15, 0.2) is 0 Å². The van der Waals surface area contributed by atoms with Crippen molar-refractivity contribution in [3.8, 4) is 0 Å². The Hall–Kier alpha value is -1.10. The Balaban J connectivity index is 2.75. The molecule has 5 nitrogen and oxygen atoms in total. The minimum Gasteiger partial charge on any atom is -0.368 e. The van der Waals surface area contributed by atoms with E-state index in [0.717, 1.165) is 38.8 Å². The zero-order valence-corrected chi connectivity index (χ0v) is 11.4. The fourth-order valence-electron chi connectivity index (χ4n) is 2.55. The number of carbonyl (C=O) groups is 2. The van der Waals surface area contributed by atoms with Gasteiger partial charge in [-0.1, -0.05) is 13.8 Å². The summed E-state index contributed by atoms with van der Waals surface area (Å²) >= 11 is 0. The number of piperidine rings is 1. The van der Waals surface area contributed by atoms with Gasteiger partial charge in [-0.3, -0.25) is 9.59 Å². The third-order valence-corrected chi connectivity index (χ3v) is 3.69. The zero-order chi connectivity index (χ0) is 13.5. The SMILES string of the molecule is CCC(CC)C(=O)N(CC(N)=O)C1CCNCC1. The molecule has 0 aromatic carbocycles. The molecule has 0 spiro atoms. The maximum absolute atomic E-state index is 12.4. The van der Waals surface area contributed by atoms with Gasteiger partial charge in [-0.2, -0.15) is 0 Å². The van der Waals surface area contributed by atoms with E-state index in [1.54, 1.807) is 4.90 Å². The first-order valence-corrected chi connectivity index (χ1v) is 6.89. The lowest BCUT2D eigenvalue weighted by Crippen LogP contribution is -2.51. The Morgan fingerprint density at radius 3 is 2.28 bits per heavy atom. The lowest BCUT2D eigenvalue weighted by molar-refractivity contribution is -0.142. The molecule has 1 heterocycles. The highest BCUT2D eigenvalue weighted by Gasteiger charge is 2.29. The van der Waals surface area contributed by atoms with Crippen molar-refractivity contribution in [1.29, 1.82) is 0 Å². The molecule has 0 unspecified atom stereocenters. The van der Waals surface area contributed by atoms with Gasteiger partial charge in [0.15, 0.2) is 0 Å². The van der Waals surface area contributed by atoms with Gasteiger partial charge in [0.1, 0.15) is 0 Å². The highest BCUT2D eigenvalue weighted by atomic mass is 16.2. The summed E-state index contributed by atoms with van der Waals surface area (Å²) < 4.78 is 0. The lowest BCUT2D eigenvalue weighted by atomic mass is 9.98. The van der Waals surface area contributed by atoms with Crippen molar-refractivity contribution in [3.63, 3.8) is 0 Å². The summed E-state index contributed by atoms with van der Waals surface area (Å²) in [4.78, 5) is 25.3. The number of hydrogen-bond donors (Lipinski definition) is 2. The Labute approximate surface area is 109 Å². The second-order valence-electron chi connectivity index (χ2n) is 4.93. The number of primary amides is 1. The van der Waals surface area contributed by atoms with E-state index in [9.17, 15) is 9.59 Å². The minimum atomic E-state index is -0.423. The van der Waals surface area contributed by atoms with E-state index >= 15 is 0 Å². The van der Waals surface area contributed by atoms with E-state index in [4.69, 9.17) is 5.73 Å². The molecule has 0 bridgehead atoms. The topological polar surface area (TPSA) is 75.4 Å². The Morgan fingerprint density at radius 1 is 1.28 bits per heavy atom. The van der Waals surface area contributed by atoms with E-state index in [1.165, 1.54) is 0 Å². The van der Waals surface area contributed by atoms with E-state index in [1.807, 2.05) is 13.8 Å². The van der Waals surface area contributed by atoms with Crippen molar-refractivity contribution < 1.29 is 9.59 Å². The molecule has 3 N–H and O–H groups in total. The van der Waals surface area contributed by atoms with Crippen molar-refractivity contribution in [2.75, 3.05) is 19.6 Å². The molecule has 18 heavy (non-hydrogen) atoms. The number of rotatable bonds is 6. The van der Waals surface area contributed by atoms with Crippen LogP contribution in [0, 0.1) is 5.92 Å². The number of nitrogens with one attached hydrogen (secondary N) is 1. The molecule has 0 aliphatic carbocycles. The summed E-state index contributed by atoms with van der Waals surface area (Å²) in [5.41, 5.74) is 5.27. The quantitative estimate of drug-likeness (QED) is 0.725. The first-order valence-electron chi connectivity index (χ1n) is 6.89. The monoisotopic (exact) mass is 255 g/mol. The molecule has 0 saturated carbocycles. The Morgan fingerprint density at radius 2 is 1.83 bits per heavy atom. The molecule has 0 aromatic rings. The molecular formula is C13H25N3O2. The molecule has 1 aliphatic rings. The minimum absolute atomic E-state index is 0.0132. The van der Waals surface area contributed by atoms with Gasteiger partial charge >= 0.3 is 0 Å². The van der Waals surface area contributed by atoms with Crippen molar-refractivity contribution in [1.82, 2.24) is 10.2 Å². The van der Waals surface area contributed by atoms with E-state index in [0.29, 0.717) is 0 Å². The zero-order valence-electron chi connectivity index (χ0n) is 11.4. The van der Waals surface area contributed by atoms with Crippen molar-refractivity contribution in [3.05, 3.63) is 0 Å². The maximum atomic E-state index is 12.4. The fraction of sp³-hybridized carbons (Fsp3) is 0.846. The predicted octanol–water partition coefficient (Wildman–Crippen LogP) is 0.489. The van der Waals surface area contributed by atoms with E-state index in [-0.39, 0.29) is 24.4 Å². The van der Waals surface area contributed by atoms with Crippen LogP contribution >= 0.6 is 0 Å². The highest BCUT2D eigenvalue weighted by molar-refractivity contribution is 5.85. The van der Waals surface area contributed by atoms with Crippen LogP contribution in [0.1, 0.15) is 39.5 Å². The summed E-state index contributed by atoms with van der Waals surface area (Å²) in [6.07, 6.45) is 3.43. The van der Waals surface area contributed by atoms with Crippen LogP contribution in [0.3, 0.4) is 0 Å². The molecule has 1 fully saturated rings. The summed E-state index contributed by atoms with van der Waals surface area (Å²) in [7, 11) is 0. The summed E-state index contributed by atoms with van der Waals surface area (Å²) in [5.74, 6) is -0.322. The van der Waals surface area contributed by atoms with E-state index < -0.39 is 5.91 Å². The number of carbonyl (C=O) groups excluding carboxylic acids is 2. The molecule has 2 amide bonds. The molecule has 104 valence electrons. The second-order valence-corrected chi connectivity index (χ2v) is 4.93. The van der Waals surface area contributed by atoms with Gasteiger partial charge in [-0.05, 0) is 38.8 Å². The lowest BCUT2D eigenvalue weighted by Gasteiger charge is -2.35. The number of hydrogen-bond acceptors (Lipinski definition) is 3. The van der Waals surface area contributed by atoms with Crippen LogP contribution in [0.2, 0.25) is 0 Å². The molecule has 5 heteroatoms. The predicted molar refractivity (Wildman–Crippen MR) is 70.9 cm³/mol. The van der Waals surface area contributed by atoms with Gasteiger partial charge < -0.3 is 16.0 Å². The summed E-state index contributed by atoms with van der Waals surface area (Å²) in [6.45, 7) is 5.88. The van der Waals surface area contributed by atoms with Crippen LogP contribution in [0.25, 0.3) is 0 Å². The van der Waals surface area contributed by atoms with Gasteiger partial charge in [-0.15, -0.1) is 0 Å². The molecule has 0 atom stereocenters. The van der Waals surface area contributed by atoms with Crippen molar-refractivity contribution in [2.45, 2.75) is 45.6 Å². The van der Waals surface area contributed by atoms with Gasteiger partial charge in [0.25, 0.3) is 0 Å². The van der Waals surface area contributed by atoms with Gasteiger partial charge in [0, 0.05) is 12.0 Å². The van der Waals surface area contributed by atoms with Gasteiger partial charge in [0.05, 0.1) is 6.54 Å². The second kappa shape index (κ2) is 7.36. The third-order valence-electron chi connectivity index (χ3n) is 3.69. The van der Waals surface area contributed by atoms with Crippen LogP contribution in [0.4, 0.5) is 0 Å². The molecule has 1 rings (SSSR count). The Kier molecular flexibility index (Phi) is 6.12. The average Bonchev–Trinajstić information content (AvgIpc) is 2.38. The molecule has 1 saturated heterocycles. The van der Waals surface area contributed by atoms with E-state index in [2.05, 4.69) is 5.32 Å². The first-order chi connectivity index (χ1) is 8.60. The highest BCUT2D eigenvalue weighted by Crippen LogP contribution is 2.18. The normalized spacial score (nSPS) is 16.8. The van der Waals surface area contributed by atoms with Crippen LogP contribution in [-0.2, 0) is 9.59 Å². The molecule has 0 radical (unpaired) electrons. The summed E-state index contributed by atoms with van der Waals surface area (Å²) in [6, 6.07) is 0.159. The summed E-state index contributed by atoms with van der Waals surface area (Å²) in [5, 5.41) is 3.26. The fourth-order valence-corrected chi connectivity index (χ4v) is 2.55. The molecule has 0 aromatic heterocycles. The van der Waals surface area contributed by atoms with Crippen LogP contribution in [-0.4, -0.2) is 42.4 Å². The smallest absolute Gasteiger partial charge is 0.237 e. The Bertz CT molecular complexity index is 284. The average molecular weight is 255 g/mol. The van der Waals surface area contributed by atoms with Gasteiger partial charge in [0.2, 0.25) is 11.8 Å². The largest absolute Gasteiger partial charge is 0.368 e. The van der Waals surface area contributed by atoms with Crippen molar-refractivity contribution in [2.24, 2.45) is 11.7 Å². The van der Waals surface area contributed by atoms with Gasteiger partial charge in [-0.25, -0.2) is 0 Å². The van der Waals surface area contributed by atoms with Crippen molar-refractivity contribution >= 4 is 11.8 Å². The van der Waals surface area contributed by atoms with Crippen LogP contribution in [0.5, 0.6) is 0 Å². The maximum Gasteiger partial charge on any atom is 0.237 e. The third kappa shape index (κ3) is 3.98. The number of amides is 2. The number of nitrogens with two attached hydrogens (primary N) is 1. The van der Waals surface area contributed by atoms with Crippen LogP contribution < -0.4 is 11.1 Å². The molecule has 1 aliphatic heterocycles.